The number of para-hydroxylation sites is 2. The minimum atomic E-state index is -0.989. The summed E-state index contributed by atoms with van der Waals surface area (Å²) in [7, 11) is 0. The van der Waals surface area contributed by atoms with Crippen LogP contribution in [0.25, 0.3) is 22.7 Å². The minimum absolute atomic E-state index is 0.0284. The molecule has 0 fully saturated rings. The number of phenolic OH excluding ortho intramolecular Hbond substituents is 1. The largest absolute Gasteiger partial charge is 0.504 e. The summed E-state index contributed by atoms with van der Waals surface area (Å²) < 4.78 is 11.0. The van der Waals surface area contributed by atoms with Gasteiger partial charge in [-0.25, -0.2) is 4.98 Å². The van der Waals surface area contributed by atoms with Crippen LogP contribution < -0.4 is 4.74 Å². The molecule has 6 heteroatoms. The maximum atomic E-state index is 11.2. The number of aromatic hydroxyl groups is 1. The van der Waals surface area contributed by atoms with Crippen LogP contribution in [-0.4, -0.2) is 27.8 Å². The molecule has 0 saturated heterocycles. The summed E-state index contributed by atoms with van der Waals surface area (Å²) >= 11 is 0. The van der Waals surface area contributed by atoms with Crippen LogP contribution in [0.4, 0.5) is 0 Å². The third kappa shape index (κ3) is 3.80. The van der Waals surface area contributed by atoms with Crippen LogP contribution in [0.2, 0.25) is 0 Å². The molecule has 3 aromatic rings. The number of fused-ring (bicyclic) bond motifs is 1. The van der Waals surface area contributed by atoms with E-state index in [2.05, 4.69) is 4.98 Å². The molecule has 1 aromatic heterocycles. The van der Waals surface area contributed by atoms with Crippen molar-refractivity contribution in [3.63, 3.8) is 0 Å². The number of benzene rings is 2. The summed E-state index contributed by atoms with van der Waals surface area (Å²) in [5, 5.41) is 19.0. The van der Waals surface area contributed by atoms with E-state index in [1.165, 1.54) is 6.07 Å². The zero-order valence-corrected chi connectivity index (χ0v) is 13.6. The van der Waals surface area contributed by atoms with E-state index < -0.39 is 5.97 Å². The maximum absolute atomic E-state index is 11.2. The number of oxazole rings is 1. The highest BCUT2D eigenvalue weighted by molar-refractivity contribution is 5.91. The van der Waals surface area contributed by atoms with Gasteiger partial charge in [-0.1, -0.05) is 18.2 Å². The second-order valence-corrected chi connectivity index (χ2v) is 5.39. The number of carboxylic acid groups (broad SMARTS) is 1. The summed E-state index contributed by atoms with van der Waals surface area (Å²) in [4.78, 5) is 15.6. The highest BCUT2D eigenvalue weighted by atomic mass is 16.5. The van der Waals surface area contributed by atoms with Crippen LogP contribution in [0.5, 0.6) is 11.5 Å². The number of hydrogen-bond acceptors (Lipinski definition) is 5. The Morgan fingerprint density at radius 3 is 2.80 bits per heavy atom. The second kappa shape index (κ2) is 7.09. The minimum Gasteiger partial charge on any atom is -0.504 e. The van der Waals surface area contributed by atoms with Crippen molar-refractivity contribution in [2.45, 2.75) is 13.3 Å². The molecule has 128 valence electrons. The third-order valence-corrected chi connectivity index (χ3v) is 3.53. The second-order valence-electron chi connectivity index (χ2n) is 5.39. The van der Waals surface area contributed by atoms with E-state index >= 15 is 0 Å². The first kappa shape index (κ1) is 16.6. The van der Waals surface area contributed by atoms with Crippen LogP contribution >= 0.6 is 0 Å². The molecule has 2 aromatic carbocycles. The summed E-state index contributed by atoms with van der Waals surface area (Å²) in [6, 6.07) is 12.1. The van der Waals surface area contributed by atoms with Crippen LogP contribution in [0.3, 0.4) is 0 Å². The maximum Gasteiger partial charge on any atom is 0.308 e. The smallest absolute Gasteiger partial charge is 0.308 e. The van der Waals surface area contributed by atoms with Crippen molar-refractivity contribution >= 4 is 28.7 Å². The van der Waals surface area contributed by atoms with E-state index in [0.29, 0.717) is 34.6 Å². The number of aliphatic carboxylic acids is 1. The van der Waals surface area contributed by atoms with E-state index in [0.717, 1.165) is 0 Å². The molecule has 6 nitrogen and oxygen atoms in total. The van der Waals surface area contributed by atoms with E-state index in [-0.39, 0.29) is 18.1 Å². The van der Waals surface area contributed by atoms with Crippen molar-refractivity contribution < 1.29 is 24.2 Å². The Balaban J connectivity index is 2.04. The molecule has 0 atom stereocenters. The van der Waals surface area contributed by atoms with Crippen LogP contribution in [0.15, 0.2) is 46.9 Å². The molecule has 0 spiro atoms. The van der Waals surface area contributed by atoms with Gasteiger partial charge in [0.25, 0.3) is 0 Å². The van der Waals surface area contributed by atoms with E-state index in [1.807, 2.05) is 19.1 Å². The molecule has 0 aliphatic rings. The molecule has 1 heterocycles. The van der Waals surface area contributed by atoms with Gasteiger partial charge in [0.15, 0.2) is 17.1 Å². The zero-order chi connectivity index (χ0) is 17.8. The molecule has 0 unspecified atom stereocenters. The molecule has 0 aliphatic heterocycles. The molecular formula is C19H17NO5. The Labute approximate surface area is 144 Å². The van der Waals surface area contributed by atoms with E-state index in [9.17, 15) is 15.0 Å². The number of aromatic nitrogens is 1. The Morgan fingerprint density at radius 1 is 1.28 bits per heavy atom. The number of ether oxygens (including phenoxy) is 1. The Bertz CT molecular complexity index is 909. The fraction of sp³-hybridized carbons (Fsp3) is 0.158. The number of carboxylic acids is 1. The lowest BCUT2D eigenvalue weighted by Crippen LogP contribution is -1.98. The lowest BCUT2D eigenvalue weighted by molar-refractivity contribution is -0.135. The standard InChI is InChI=1S/C19H17NO5/c1-2-24-17-10-12(7-8-15(17)21)9-13(11-18(22)23)19-20-14-5-3-4-6-16(14)25-19/h3-10,21H,2,11H2,1H3,(H,22,23)/b13-9+. The molecule has 25 heavy (non-hydrogen) atoms. The first-order valence-corrected chi connectivity index (χ1v) is 7.81. The average Bonchev–Trinajstić information content (AvgIpc) is 3.01. The molecule has 3 rings (SSSR count). The Morgan fingerprint density at radius 2 is 2.08 bits per heavy atom. The van der Waals surface area contributed by atoms with Gasteiger partial charge in [-0.05, 0) is 42.8 Å². The number of hydrogen-bond donors (Lipinski definition) is 2. The molecule has 0 radical (unpaired) electrons. The van der Waals surface area contributed by atoms with Gasteiger partial charge in [0.1, 0.15) is 5.52 Å². The molecule has 2 N–H and O–H groups in total. The van der Waals surface area contributed by atoms with Gasteiger partial charge in [-0.2, -0.15) is 0 Å². The molecule has 0 saturated carbocycles. The van der Waals surface area contributed by atoms with E-state index in [4.69, 9.17) is 9.15 Å². The fourth-order valence-electron chi connectivity index (χ4n) is 2.45. The van der Waals surface area contributed by atoms with Gasteiger partial charge in [0.2, 0.25) is 5.89 Å². The van der Waals surface area contributed by atoms with Gasteiger partial charge in [0, 0.05) is 5.57 Å². The summed E-state index contributed by atoms with van der Waals surface area (Å²) in [5.41, 5.74) is 2.36. The van der Waals surface area contributed by atoms with Crippen LogP contribution in [0, 0.1) is 0 Å². The van der Waals surface area contributed by atoms with Crippen molar-refractivity contribution in [1.29, 1.82) is 0 Å². The number of carbonyl (C=O) groups is 1. The van der Waals surface area contributed by atoms with Crippen molar-refractivity contribution in [3.8, 4) is 11.5 Å². The lowest BCUT2D eigenvalue weighted by atomic mass is 10.1. The quantitative estimate of drug-likeness (QED) is 0.706. The van der Waals surface area contributed by atoms with Crippen molar-refractivity contribution in [1.82, 2.24) is 4.98 Å². The summed E-state index contributed by atoms with van der Waals surface area (Å²) in [6.07, 6.45) is 1.43. The number of phenols is 1. The molecule has 0 amide bonds. The summed E-state index contributed by atoms with van der Waals surface area (Å²) in [5.74, 6) is -0.365. The lowest BCUT2D eigenvalue weighted by Gasteiger charge is -2.07. The topological polar surface area (TPSA) is 92.8 Å². The van der Waals surface area contributed by atoms with Gasteiger partial charge in [-0.3, -0.25) is 4.79 Å². The monoisotopic (exact) mass is 339 g/mol. The van der Waals surface area contributed by atoms with Gasteiger partial charge in [0.05, 0.1) is 13.0 Å². The fourth-order valence-corrected chi connectivity index (χ4v) is 2.45. The predicted octanol–water partition coefficient (Wildman–Crippen LogP) is 3.95. The predicted molar refractivity (Wildman–Crippen MR) is 93.4 cm³/mol. The highest BCUT2D eigenvalue weighted by Gasteiger charge is 2.15. The third-order valence-electron chi connectivity index (χ3n) is 3.53. The van der Waals surface area contributed by atoms with Crippen molar-refractivity contribution in [2.75, 3.05) is 6.61 Å². The Kier molecular flexibility index (Phi) is 4.70. The molecule has 0 aliphatic carbocycles. The summed E-state index contributed by atoms with van der Waals surface area (Å²) in [6.45, 7) is 2.23. The highest BCUT2D eigenvalue weighted by Crippen LogP contribution is 2.30. The van der Waals surface area contributed by atoms with Gasteiger partial charge >= 0.3 is 5.97 Å². The normalized spacial score (nSPS) is 11.6. The molecule has 0 bridgehead atoms. The Hall–Kier alpha value is -3.28. The van der Waals surface area contributed by atoms with Gasteiger partial charge < -0.3 is 19.4 Å². The van der Waals surface area contributed by atoms with E-state index in [1.54, 1.807) is 30.3 Å². The number of rotatable bonds is 6. The number of nitrogens with zero attached hydrogens (tertiary/aromatic N) is 1. The van der Waals surface area contributed by atoms with Crippen LogP contribution in [0.1, 0.15) is 24.8 Å². The molecular weight excluding hydrogens is 322 g/mol. The first-order chi connectivity index (χ1) is 12.1. The van der Waals surface area contributed by atoms with Crippen molar-refractivity contribution in [3.05, 3.63) is 53.9 Å². The van der Waals surface area contributed by atoms with Gasteiger partial charge in [-0.15, -0.1) is 0 Å². The van der Waals surface area contributed by atoms with Crippen LogP contribution in [-0.2, 0) is 4.79 Å². The SMILES string of the molecule is CCOc1cc(/C=C(\CC(=O)O)c2nc3ccccc3o2)ccc1O. The van der Waals surface area contributed by atoms with Crippen molar-refractivity contribution in [2.24, 2.45) is 0 Å². The first-order valence-electron chi connectivity index (χ1n) is 7.81. The zero-order valence-electron chi connectivity index (χ0n) is 13.6. The average molecular weight is 339 g/mol.